The smallest absolute Gasteiger partial charge is 0.244 e. The van der Waals surface area contributed by atoms with E-state index in [0.29, 0.717) is 28.9 Å². The molecular formula is C24H21FN2O4S. The van der Waals surface area contributed by atoms with Crippen LogP contribution >= 0.6 is 0 Å². The Labute approximate surface area is 185 Å². The number of carbonyl (C=O) groups excluding carboxylic acids is 1. The third kappa shape index (κ3) is 4.22. The number of para-hydroxylation sites is 3. The van der Waals surface area contributed by atoms with E-state index in [1.165, 1.54) is 18.3 Å². The summed E-state index contributed by atoms with van der Waals surface area (Å²) in [5.74, 6) is -0.292. The second kappa shape index (κ2) is 8.84. The van der Waals surface area contributed by atoms with Crippen LogP contribution in [-0.2, 0) is 21.2 Å². The van der Waals surface area contributed by atoms with E-state index in [-0.39, 0.29) is 22.2 Å². The molecule has 1 N–H and O–H groups in total. The Hall–Kier alpha value is -3.65. The maximum absolute atomic E-state index is 13.3. The maximum atomic E-state index is 13.3. The predicted octanol–water partition coefficient (Wildman–Crippen LogP) is 4.65. The second-order valence-corrected chi connectivity index (χ2v) is 8.99. The van der Waals surface area contributed by atoms with E-state index in [1.807, 2.05) is 13.0 Å². The first kappa shape index (κ1) is 21.6. The summed E-state index contributed by atoms with van der Waals surface area (Å²) in [5, 5.41) is 3.30. The third-order valence-corrected chi connectivity index (χ3v) is 6.74. The highest BCUT2D eigenvalue weighted by molar-refractivity contribution is 7.91. The first-order valence-electron chi connectivity index (χ1n) is 10.0. The molecule has 32 heavy (non-hydrogen) atoms. The van der Waals surface area contributed by atoms with Crippen molar-refractivity contribution in [1.29, 1.82) is 0 Å². The molecule has 164 valence electrons. The van der Waals surface area contributed by atoms with Crippen LogP contribution < -0.4 is 10.1 Å². The molecule has 0 saturated carbocycles. The van der Waals surface area contributed by atoms with Gasteiger partial charge in [0.15, 0.2) is 0 Å². The number of sulfone groups is 1. The van der Waals surface area contributed by atoms with Crippen LogP contribution in [0.4, 0.5) is 10.1 Å². The number of ether oxygens (including phenoxy) is 1. The van der Waals surface area contributed by atoms with Crippen LogP contribution in [0.5, 0.6) is 5.75 Å². The molecule has 0 unspecified atom stereocenters. The zero-order valence-corrected chi connectivity index (χ0v) is 18.1. The van der Waals surface area contributed by atoms with E-state index in [0.717, 1.165) is 12.1 Å². The van der Waals surface area contributed by atoms with E-state index < -0.39 is 15.7 Å². The Kier molecular flexibility index (Phi) is 5.96. The average molecular weight is 453 g/mol. The van der Waals surface area contributed by atoms with Gasteiger partial charge in [0.05, 0.1) is 22.1 Å². The van der Waals surface area contributed by atoms with E-state index in [1.54, 1.807) is 47.0 Å². The van der Waals surface area contributed by atoms with E-state index in [4.69, 9.17) is 4.74 Å². The van der Waals surface area contributed by atoms with Crippen LogP contribution in [0.15, 0.2) is 88.8 Å². The largest absolute Gasteiger partial charge is 0.492 e. The lowest BCUT2D eigenvalue weighted by Crippen LogP contribution is -2.18. The lowest BCUT2D eigenvalue weighted by atomic mass is 10.2. The second-order valence-electron chi connectivity index (χ2n) is 7.07. The van der Waals surface area contributed by atoms with Gasteiger partial charge in [0, 0.05) is 17.1 Å². The Morgan fingerprint density at radius 1 is 1.00 bits per heavy atom. The van der Waals surface area contributed by atoms with Crippen molar-refractivity contribution in [2.24, 2.45) is 0 Å². The van der Waals surface area contributed by atoms with Crippen molar-refractivity contribution < 1.29 is 22.3 Å². The van der Waals surface area contributed by atoms with E-state index in [9.17, 15) is 17.6 Å². The molecule has 1 heterocycles. The molecule has 0 spiro atoms. The van der Waals surface area contributed by atoms with E-state index in [2.05, 4.69) is 5.32 Å². The number of rotatable bonds is 7. The number of benzene rings is 3. The maximum Gasteiger partial charge on any atom is 0.244 e. The average Bonchev–Trinajstić information content (AvgIpc) is 3.15. The van der Waals surface area contributed by atoms with Crippen LogP contribution in [0.1, 0.15) is 6.92 Å². The first-order valence-corrected chi connectivity index (χ1v) is 11.5. The van der Waals surface area contributed by atoms with Crippen LogP contribution in [0, 0.1) is 5.82 Å². The number of fused-ring (bicyclic) bond motifs is 1. The molecule has 0 aliphatic carbocycles. The van der Waals surface area contributed by atoms with Crippen molar-refractivity contribution in [3.8, 4) is 5.75 Å². The van der Waals surface area contributed by atoms with Crippen LogP contribution in [-0.4, -0.2) is 25.5 Å². The molecule has 0 saturated heterocycles. The molecule has 4 rings (SSSR count). The molecule has 0 fully saturated rings. The van der Waals surface area contributed by atoms with Gasteiger partial charge in [0.2, 0.25) is 15.7 Å². The fourth-order valence-electron chi connectivity index (χ4n) is 3.49. The van der Waals surface area contributed by atoms with Gasteiger partial charge in [-0.15, -0.1) is 0 Å². The summed E-state index contributed by atoms with van der Waals surface area (Å²) >= 11 is 0. The molecule has 8 heteroatoms. The van der Waals surface area contributed by atoms with Crippen molar-refractivity contribution in [1.82, 2.24) is 4.57 Å². The van der Waals surface area contributed by atoms with Gasteiger partial charge >= 0.3 is 0 Å². The van der Waals surface area contributed by atoms with Gasteiger partial charge in [-0.1, -0.05) is 30.3 Å². The molecule has 0 radical (unpaired) electrons. The minimum Gasteiger partial charge on any atom is -0.492 e. The fourth-order valence-corrected chi connectivity index (χ4v) is 4.97. The highest BCUT2D eigenvalue weighted by Crippen LogP contribution is 2.30. The van der Waals surface area contributed by atoms with Gasteiger partial charge in [0.1, 0.15) is 18.1 Å². The number of aromatic nitrogens is 1. The Morgan fingerprint density at radius 3 is 2.44 bits per heavy atom. The van der Waals surface area contributed by atoms with Gasteiger partial charge in [0.25, 0.3) is 0 Å². The Bertz CT molecular complexity index is 1380. The molecule has 3 aromatic carbocycles. The molecule has 1 aromatic heterocycles. The minimum absolute atomic E-state index is 0.0168. The van der Waals surface area contributed by atoms with E-state index >= 15 is 0 Å². The number of hydrogen-bond donors (Lipinski definition) is 1. The highest BCUT2D eigenvalue weighted by Gasteiger charge is 2.24. The molecule has 1 amide bonds. The molecule has 0 aliphatic rings. The number of nitrogens with one attached hydrogen (secondary N) is 1. The Morgan fingerprint density at radius 2 is 1.69 bits per heavy atom. The summed E-state index contributed by atoms with van der Waals surface area (Å²) in [6.07, 6.45) is 1.44. The topological polar surface area (TPSA) is 77.4 Å². The molecule has 6 nitrogen and oxygen atoms in total. The Balaban J connectivity index is 1.68. The lowest BCUT2D eigenvalue weighted by Gasteiger charge is -2.12. The number of nitrogens with zero attached hydrogens (tertiary/aromatic N) is 1. The van der Waals surface area contributed by atoms with Gasteiger partial charge in [-0.25, -0.2) is 12.8 Å². The van der Waals surface area contributed by atoms with Crippen molar-refractivity contribution >= 4 is 32.3 Å². The fraction of sp³-hybridized carbons (Fsp3) is 0.125. The summed E-state index contributed by atoms with van der Waals surface area (Å²) < 4.78 is 46.8. The zero-order valence-electron chi connectivity index (χ0n) is 17.3. The predicted molar refractivity (Wildman–Crippen MR) is 120 cm³/mol. The summed E-state index contributed by atoms with van der Waals surface area (Å²) in [6.45, 7) is 2.22. The van der Waals surface area contributed by atoms with Crippen molar-refractivity contribution in [3.63, 3.8) is 0 Å². The van der Waals surface area contributed by atoms with Gasteiger partial charge in [-0.2, -0.15) is 0 Å². The quantitative estimate of drug-likeness (QED) is 0.414. The van der Waals surface area contributed by atoms with Gasteiger partial charge in [-0.05, 0) is 49.4 Å². The molecule has 0 atom stereocenters. The third-order valence-electron chi connectivity index (χ3n) is 4.94. The number of amides is 1. The summed E-state index contributed by atoms with van der Waals surface area (Å²) in [6, 6.07) is 18.7. The van der Waals surface area contributed by atoms with Gasteiger partial charge in [-0.3, -0.25) is 4.79 Å². The lowest BCUT2D eigenvalue weighted by molar-refractivity contribution is -0.116. The minimum atomic E-state index is -3.91. The van der Waals surface area contributed by atoms with Crippen LogP contribution in [0.2, 0.25) is 0 Å². The summed E-state index contributed by atoms with van der Waals surface area (Å²) in [4.78, 5) is 12.8. The zero-order chi connectivity index (χ0) is 22.7. The normalized spacial score (nSPS) is 11.4. The molecule has 4 aromatic rings. The highest BCUT2D eigenvalue weighted by atomic mass is 32.2. The van der Waals surface area contributed by atoms with Gasteiger partial charge < -0.3 is 14.6 Å². The standard InChI is InChI=1S/C24H21FN2O4S/c1-2-31-22-10-6-4-8-20(22)26-24(28)16-27-15-23(19-7-3-5-9-21(19)27)32(29,30)18-13-11-17(25)12-14-18/h3-15H,2,16H2,1H3,(H,26,28). The molecule has 0 bridgehead atoms. The molecule has 0 aliphatic heterocycles. The molecular weight excluding hydrogens is 431 g/mol. The van der Waals surface area contributed by atoms with Crippen molar-refractivity contribution in [3.05, 3.63) is 84.8 Å². The van der Waals surface area contributed by atoms with Crippen LogP contribution in [0.25, 0.3) is 10.9 Å². The number of hydrogen-bond acceptors (Lipinski definition) is 4. The van der Waals surface area contributed by atoms with Crippen molar-refractivity contribution in [2.45, 2.75) is 23.3 Å². The summed E-state index contributed by atoms with van der Waals surface area (Å²) in [7, 11) is -3.91. The number of halogens is 1. The first-order chi connectivity index (χ1) is 15.4. The van der Waals surface area contributed by atoms with Crippen molar-refractivity contribution in [2.75, 3.05) is 11.9 Å². The SMILES string of the molecule is CCOc1ccccc1NC(=O)Cn1cc(S(=O)(=O)c2ccc(F)cc2)c2ccccc21. The number of carbonyl (C=O) groups is 1. The monoisotopic (exact) mass is 452 g/mol. The van der Waals surface area contributed by atoms with Crippen LogP contribution in [0.3, 0.4) is 0 Å². The number of anilines is 1. The summed E-state index contributed by atoms with van der Waals surface area (Å²) in [5.41, 5.74) is 1.14.